The van der Waals surface area contributed by atoms with E-state index in [9.17, 15) is 19.8 Å². The van der Waals surface area contributed by atoms with E-state index >= 15 is 0 Å². The number of nitrogens with one attached hydrogen (secondary N) is 1. The highest BCUT2D eigenvalue weighted by Crippen LogP contribution is 2.25. The predicted molar refractivity (Wildman–Crippen MR) is 71.3 cm³/mol. The fraction of sp³-hybridized carbons (Fsp3) is 0.385. The molecule has 110 valence electrons. The van der Waals surface area contributed by atoms with Crippen molar-refractivity contribution in [3.05, 3.63) is 23.8 Å². The maximum Gasteiger partial charge on any atom is 0.326 e. The standard InChI is InChI=1S/C13H18N2O5/c1-2-8(14)12(18)15-9(13(19)20)5-7-3-4-10(16)11(17)6-7/h3-4,6,8-9,16-17H,2,5,14H2,1H3,(H,15,18)(H,19,20)/t8-,9+/m1/s1. The molecule has 1 aromatic carbocycles. The van der Waals surface area contributed by atoms with Gasteiger partial charge in [0.25, 0.3) is 0 Å². The highest BCUT2D eigenvalue weighted by atomic mass is 16.4. The summed E-state index contributed by atoms with van der Waals surface area (Å²) in [6, 6.07) is 2.06. The Bertz CT molecular complexity index is 504. The Balaban J connectivity index is 2.79. The number of aromatic hydroxyl groups is 2. The van der Waals surface area contributed by atoms with E-state index < -0.39 is 24.0 Å². The Labute approximate surface area is 116 Å². The molecule has 2 atom stereocenters. The van der Waals surface area contributed by atoms with Gasteiger partial charge in [-0.2, -0.15) is 0 Å². The first kappa shape index (κ1) is 15.8. The van der Waals surface area contributed by atoms with Crippen LogP contribution in [0.2, 0.25) is 0 Å². The number of aliphatic carboxylic acids is 1. The average molecular weight is 282 g/mol. The molecule has 1 aromatic rings. The summed E-state index contributed by atoms with van der Waals surface area (Å²) in [6.07, 6.45) is 0.378. The molecular formula is C13H18N2O5. The van der Waals surface area contributed by atoms with Gasteiger partial charge in [0, 0.05) is 6.42 Å². The van der Waals surface area contributed by atoms with Gasteiger partial charge in [-0.3, -0.25) is 4.79 Å². The van der Waals surface area contributed by atoms with Gasteiger partial charge in [-0.1, -0.05) is 13.0 Å². The molecule has 0 unspecified atom stereocenters. The molecule has 7 nitrogen and oxygen atoms in total. The number of amides is 1. The summed E-state index contributed by atoms with van der Waals surface area (Å²) in [7, 11) is 0. The summed E-state index contributed by atoms with van der Waals surface area (Å²) in [5, 5.41) is 30.0. The molecule has 0 saturated carbocycles. The van der Waals surface area contributed by atoms with Gasteiger partial charge in [0.15, 0.2) is 11.5 Å². The van der Waals surface area contributed by atoms with E-state index in [-0.39, 0.29) is 17.9 Å². The van der Waals surface area contributed by atoms with Crippen LogP contribution in [-0.2, 0) is 16.0 Å². The van der Waals surface area contributed by atoms with Crippen LogP contribution in [0.3, 0.4) is 0 Å². The van der Waals surface area contributed by atoms with Gasteiger partial charge in [0.2, 0.25) is 5.91 Å². The van der Waals surface area contributed by atoms with Gasteiger partial charge in [-0.25, -0.2) is 4.79 Å². The Morgan fingerprint density at radius 1 is 1.30 bits per heavy atom. The lowest BCUT2D eigenvalue weighted by Crippen LogP contribution is -2.49. The van der Waals surface area contributed by atoms with E-state index in [0.29, 0.717) is 12.0 Å². The summed E-state index contributed by atoms with van der Waals surface area (Å²) in [4.78, 5) is 22.7. The molecule has 0 radical (unpaired) electrons. The third kappa shape index (κ3) is 4.13. The van der Waals surface area contributed by atoms with Crippen molar-refractivity contribution in [1.82, 2.24) is 5.32 Å². The van der Waals surface area contributed by atoms with Crippen molar-refractivity contribution in [2.45, 2.75) is 31.8 Å². The summed E-state index contributed by atoms with van der Waals surface area (Å²) >= 11 is 0. The van der Waals surface area contributed by atoms with Crippen LogP contribution >= 0.6 is 0 Å². The fourth-order valence-corrected chi connectivity index (χ4v) is 1.60. The van der Waals surface area contributed by atoms with Crippen LogP contribution in [0.25, 0.3) is 0 Å². The summed E-state index contributed by atoms with van der Waals surface area (Å²) in [6.45, 7) is 1.72. The molecule has 0 aliphatic heterocycles. The molecule has 0 bridgehead atoms. The number of phenols is 2. The zero-order valence-electron chi connectivity index (χ0n) is 11.0. The largest absolute Gasteiger partial charge is 0.504 e. The Hall–Kier alpha value is -2.28. The van der Waals surface area contributed by atoms with E-state index in [1.807, 2.05) is 0 Å². The summed E-state index contributed by atoms with van der Waals surface area (Å²) in [5.74, 6) is -2.38. The normalized spacial score (nSPS) is 13.5. The molecular weight excluding hydrogens is 264 g/mol. The number of benzene rings is 1. The van der Waals surface area contributed by atoms with Crippen LogP contribution in [-0.4, -0.2) is 39.3 Å². The number of carbonyl (C=O) groups is 2. The van der Waals surface area contributed by atoms with E-state index in [4.69, 9.17) is 10.8 Å². The lowest BCUT2D eigenvalue weighted by Gasteiger charge is -2.17. The number of carboxylic acids is 1. The molecule has 6 N–H and O–H groups in total. The Kier molecular flexibility index (Phi) is 5.33. The lowest BCUT2D eigenvalue weighted by atomic mass is 10.0. The zero-order chi connectivity index (χ0) is 15.3. The van der Waals surface area contributed by atoms with Gasteiger partial charge in [0.05, 0.1) is 6.04 Å². The minimum absolute atomic E-state index is 0.0225. The van der Waals surface area contributed by atoms with Crippen LogP contribution in [0.4, 0.5) is 0 Å². The number of carboxylic acid groups (broad SMARTS) is 1. The highest BCUT2D eigenvalue weighted by molar-refractivity contribution is 5.86. The fourth-order valence-electron chi connectivity index (χ4n) is 1.60. The molecule has 0 fully saturated rings. The van der Waals surface area contributed by atoms with Crippen LogP contribution in [0, 0.1) is 0 Å². The number of phenolic OH excluding ortho intramolecular Hbond substituents is 2. The van der Waals surface area contributed by atoms with Crippen molar-refractivity contribution in [3.8, 4) is 11.5 Å². The van der Waals surface area contributed by atoms with E-state index in [1.54, 1.807) is 6.92 Å². The molecule has 20 heavy (non-hydrogen) atoms. The van der Waals surface area contributed by atoms with E-state index in [2.05, 4.69) is 5.32 Å². The average Bonchev–Trinajstić information content (AvgIpc) is 2.40. The van der Waals surface area contributed by atoms with E-state index in [1.165, 1.54) is 18.2 Å². The second-order valence-corrected chi connectivity index (χ2v) is 4.44. The van der Waals surface area contributed by atoms with Gasteiger partial charge >= 0.3 is 5.97 Å². The van der Waals surface area contributed by atoms with Crippen molar-refractivity contribution in [2.75, 3.05) is 0 Å². The highest BCUT2D eigenvalue weighted by Gasteiger charge is 2.23. The van der Waals surface area contributed by atoms with Crippen molar-refractivity contribution in [3.63, 3.8) is 0 Å². The SMILES string of the molecule is CC[C@@H](N)C(=O)N[C@@H](Cc1ccc(O)c(O)c1)C(=O)O. The molecule has 7 heteroatoms. The van der Waals surface area contributed by atoms with Gasteiger partial charge in [-0.15, -0.1) is 0 Å². The van der Waals surface area contributed by atoms with Crippen LogP contribution in [0.15, 0.2) is 18.2 Å². The van der Waals surface area contributed by atoms with Gasteiger partial charge < -0.3 is 26.4 Å². The molecule has 0 aliphatic carbocycles. The molecule has 0 heterocycles. The molecule has 0 aromatic heterocycles. The monoisotopic (exact) mass is 282 g/mol. The third-order valence-corrected chi connectivity index (χ3v) is 2.87. The van der Waals surface area contributed by atoms with Gasteiger partial charge in [-0.05, 0) is 24.1 Å². The van der Waals surface area contributed by atoms with Crippen LogP contribution in [0.1, 0.15) is 18.9 Å². The minimum Gasteiger partial charge on any atom is -0.504 e. The first-order valence-electron chi connectivity index (χ1n) is 6.14. The van der Waals surface area contributed by atoms with Gasteiger partial charge in [0.1, 0.15) is 6.04 Å². The quantitative estimate of drug-likeness (QED) is 0.464. The second kappa shape index (κ2) is 6.76. The maximum absolute atomic E-state index is 11.6. The molecule has 1 amide bonds. The molecule has 0 spiro atoms. The number of carbonyl (C=O) groups excluding carboxylic acids is 1. The zero-order valence-corrected chi connectivity index (χ0v) is 11.0. The number of hydrogen-bond donors (Lipinski definition) is 5. The third-order valence-electron chi connectivity index (χ3n) is 2.87. The van der Waals surface area contributed by atoms with Crippen LogP contribution in [0.5, 0.6) is 11.5 Å². The topological polar surface area (TPSA) is 133 Å². The number of nitrogens with two attached hydrogens (primary N) is 1. The predicted octanol–water partition coefficient (Wildman–Crippen LogP) is -0.0530. The first-order chi connectivity index (χ1) is 9.35. The summed E-state index contributed by atoms with van der Waals surface area (Å²) in [5.41, 5.74) is 5.99. The summed E-state index contributed by atoms with van der Waals surface area (Å²) < 4.78 is 0. The molecule has 0 aliphatic rings. The number of rotatable bonds is 6. The Morgan fingerprint density at radius 3 is 2.45 bits per heavy atom. The smallest absolute Gasteiger partial charge is 0.326 e. The Morgan fingerprint density at radius 2 is 1.95 bits per heavy atom. The number of hydrogen-bond acceptors (Lipinski definition) is 5. The van der Waals surface area contributed by atoms with Crippen molar-refractivity contribution in [1.29, 1.82) is 0 Å². The first-order valence-corrected chi connectivity index (χ1v) is 6.14. The minimum atomic E-state index is -1.20. The molecule has 1 rings (SSSR count). The van der Waals surface area contributed by atoms with Crippen molar-refractivity contribution < 1.29 is 24.9 Å². The maximum atomic E-state index is 11.6. The van der Waals surface area contributed by atoms with E-state index in [0.717, 1.165) is 0 Å². The molecule has 0 saturated heterocycles. The lowest BCUT2D eigenvalue weighted by molar-refractivity contribution is -0.142. The second-order valence-electron chi connectivity index (χ2n) is 4.44. The van der Waals surface area contributed by atoms with Crippen molar-refractivity contribution >= 4 is 11.9 Å². The van der Waals surface area contributed by atoms with Crippen molar-refractivity contribution in [2.24, 2.45) is 5.73 Å². The van der Waals surface area contributed by atoms with Crippen LogP contribution < -0.4 is 11.1 Å².